The Kier molecular flexibility index (Phi) is 5.79. The van der Waals surface area contributed by atoms with Crippen LogP contribution in [0.2, 0.25) is 0 Å². The Morgan fingerprint density at radius 1 is 1.29 bits per heavy atom. The third-order valence-corrected chi connectivity index (χ3v) is 5.98. The largest absolute Gasteiger partial charge is 0.350 e. The maximum atomic E-state index is 12.5. The van der Waals surface area contributed by atoms with Crippen LogP contribution in [0.3, 0.4) is 0 Å². The van der Waals surface area contributed by atoms with Gasteiger partial charge in [-0.2, -0.15) is 0 Å². The van der Waals surface area contributed by atoms with Crippen LogP contribution in [0.4, 0.5) is 5.69 Å². The summed E-state index contributed by atoms with van der Waals surface area (Å²) in [4.78, 5) is 27.4. The molecule has 2 aliphatic rings. The third-order valence-electron chi connectivity index (χ3n) is 4.93. The van der Waals surface area contributed by atoms with Gasteiger partial charge in [0.1, 0.15) is 6.54 Å². The number of para-hydroxylation sites is 1. The first-order chi connectivity index (χ1) is 11.7. The number of carbonyl (C=O) groups is 2. The average Bonchev–Trinajstić information content (AvgIpc) is 2.63. The van der Waals surface area contributed by atoms with Crippen molar-refractivity contribution in [1.29, 1.82) is 0 Å². The zero-order valence-corrected chi connectivity index (χ0v) is 14.7. The van der Waals surface area contributed by atoms with Gasteiger partial charge in [0.25, 0.3) is 0 Å². The molecule has 1 saturated carbocycles. The lowest BCUT2D eigenvalue weighted by Crippen LogP contribution is -2.50. The molecule has 1 aliphatic heterocycles. The van der Waals surface area contributed by atoms with Crippen LogP contribution in [0.1, 0.15) is 32.1 Å². The molecule has 5 nitrogen and oxygen atoms in total. The van der Waals surface area contributed by atoms with Gasteiger partial charge in [0.05, 0.1) is 11.4 Å². The van der Waals surface area contributed by atoms with Crippen LogP contribution >= 0.6 is 11.8 Å². The highest BCUT2D eigenvalue weighted by Gasteiger charge is 2.28. The summed E-state index contributed by atoms with van der Waals surface area (Å²) in [7, 11) is 0. The molecule has 1 atom stereocenters. The van der Waals surface area contributed by atoms with Crippen molar-refractivity contribution in [2.24, 2.45) is 11.7 Å². The van der Waals surface area contributed by atoms with Crippen molar-refractivity contribution in [2.75, 3.05) is 23.7 Å². The van der Waals surface area contributed by atoms with E-state index in [1.54, 1.807) is 4.90 Å². The highest BCUT2D eigenvalue weighted by Crippen LogP contribution is 2.34. The maximum Gasteiger partial charge on any atom is 0.240 e. The Morgan fingerprint density at radius 2 is 2.04 bits per heavy atom. The molecule has 3 rings (SSSR count). The van der Waals surface area contributed by atoms with Gasteiger partial charge in [-0.25, -0.2) is 0 Å². The molecule has 2 amide bonds. The quantitative estimate of drug-likeness (QED) is 0.856. The van der Waals surface area contributed by atoms with E-state index in [9.17, 15) is 9.59 Å². The van der Waals surface area contributed by atoms with Crippen molar-refractivity contribution >= 4 is 29.3 Å². The number of nitrogens with zero attached hydrogens (tertiary/aromatic N) is 1. The molecule has 130 valence electrons. The van der Waals surface area contributed by atoms with Crippen LogP contribution in [-0.2, 0) is 9.59 Å². The molecule has 1 fully saturated rings. The summed E-state index contributed by atoms with van der Waals surface area (Å²) in [6, 6.07) is 7.75. The van der Waals surface area contributed by atoms with Crippen molar-refractivity contribution in [3.05, 3.63) is 24.3 Å². The zero-order valence-electron chi connectivity index (χ0n) is 13.9. The molecular formula is C18H25N3O2S. The lowest BCUT2D eigenvalue weighted by molar-refractivity contribution is -0.123. The van der Waals surface area contributed by atoms with E-state index in [1.807, 2.05) is 24.3 Å². The fourth-order valence-electron chi connectivity index (χ4n) is 3.63. The second-order valence-electron chi connectivity index (χ2n) is 6.54. The van der Waals surface area contributed by atoms with E-state index in [0.29, 0.717) is 18.2 Å². The lowest BCUT2D eigenvalue weighted by Gasteiger charge is -2.32. The average molecular weight is 347 g/mol. The number of nitrogens with one attached hydrogen (secondary N) is 1. The van der Waals surface area contributed by atoms with Gasteiger partial charge in [0.15, 0.2) is 0 Å². The molecule has 1 aliphatic carbocycles. The van der Waals surface area contributed by atoms with E-state index >= 15 is 0 Å². The molecule has 24 heavy (non-hydrogen) atoms. The summed E-state index contributed by atoms with van der Waals surface area (Å²) >= 11 is 1.53. The fraction of sp³-hybridized carbons (Fsp3) is 0.556. The summed E-state index contributed by atoms with van der Waals surface area (Å²) < 4.78 is 0. The minimum absolute atomic E-state index is 0.0160. The summed E-state index contributed by atoms with van der Waals surface area (Å²) in [5.74, 6) is 0.710. The highest BCUT2D eigenvalue weighted by molar-refractivity contribution is 8.00. The van der Waals surface area contributed by atoms with Crippen LogP contribution in [0, 0.1) is 5.92 Å². The van der Waals surface area contributed by atoms with Crippen molar-refractivity contribution in [1.82, 2.24) is 5.32 Å². The fourth-order valence-corrected chi connectivity index (χ4v) is 4.56. The molecule has 3 N–H and O–H groups in total. The minimum Gasteiger partial charge on any atom is -0.350 e. The Balaban J connectivity index is 1.64. The Hall–Kier alpha value is -1.53. The van der Waals surface area contributed by atoms with Crippen molar-refractivity contribution < 1.29 is 9.59 Å². The Labute approximate surface area is 147 Å². The number of hydrogen-bond donors (Lipinski definition) is 2. The molecule has 1 aromatic rings. The summed E-state index contributed by atoms with van der Waals surface area (Å²) in [5, 5.41) is 3.07. The van der Waals surface area contributed by atoms with E-state index in [2.05, 4.69) is 5.32 Å². The molecule has 1 unspecified atom stereocenters. The smallest absolute Gasteiger partial charge is 0.240 e. The van der Waals surface area contributed by atoms with Gasteiger partial charge in [0, 0.05) is 17.5 Å². The van der Waals surface area contributed by atoms with E-state index in [0.717, 1.165) is 23.4 Å². The Morgan fingerprint density at radius 3 is 2.79 bits per heavy atom. The van der Waals surface area contributed by atoms with Gasteiger partial charge < -0.3 is 16.0 Å². The summed E-state index contributed by atoms with van der Waals surface area (Å²) in [5.41, 5.74) is 6.72. The van der Waals surface area contributed by atoms with Crippen LogP contribution in [0.5, 0.6) is 0 Å². The molecule has 0 spiro atoms. The number of anilines is 1. The van der Waals surface area contributed by atoms with Crippen LogP contribution < -0.4 is 16.0 Å². The van der Waals surface area contributed by atoms with Gasteiger partial charge in [-0.05, 0) is 30.9 Å². The molecule has 0 aromatic heterocycles. The van der Waals surface area contributed by atoms with E-state index in [1.165, 1.54) is 31.0 Å². The van der Waals surface area contributed by atoms with Gasteiger partial charge in [-0.3, -0.25) is 9.59 Å². The highest BCUT2D eigenvalue weighted by atomic mass is 32.2. The first kappa shape index (κ1) is 17.3. The number of rotatable bonds is 5. The van der Waals surface area contributed by atoms with Gasteiger partial charge >= 0.3 is 0 Å². The first-order valence-corrected chi connectivity index (χ1v) is 9.69. The van der Waals surface area contributed by atoms with Crippen molar-refractivity contribution in [3.8, 4) is 0 Å². The number of hydrogen-bond acceptors (Lipinski definition) is 4. The molecule has 1 heterocycles. The zero-order chi connectivity index (χ0) is 16.9. The second kappa shape index (κ2) is 8.03. The van der Waals surface area contributed by atoms with Crippen LogP contribution in [-0.4, -0.2) is 36.7 Å². The monoisotopic (exact) mass is 347 g/mol. The minimum atomic E-state index is -0.119. The number of fused-ring (bicyclic) bond motifs is 1. The number of thioether (sulfide) groups is 1. The number of nitrogens with two attached hydrogens (primary N) is 1. The Bertz CT molecular complexity index is 602. The van der Waals surface area contributed by atoms with Crippen LogP contribution in [0.25, 0.3) is 0 Å². The first-order valence-electron chi connectivity index (χ1n) is 8.70. The van der Waals surface area contributed by atoms with Gasteiger partial charge in [-0.1, -0.05) is 31.4 Å². The molecule has 0 radical (unpaired) electrons. The van der Waals surface area contributed by atoms with Crippen LogP contribution in [0.15, 0.2) is 29.2 Å². The van der Waals surface area contributed by atoms with E-state index < -0.39 is 0 Å². The molecule has 0 saturated heterocycles. The summed E-state index contributed by atoms with van der Waals surface area (Å²) in [6.07, 6.45) is 5.96. The SMILES string of the molecule is NCC(NC(=O)CN1C(=O)CSc2ccccc21)C1CCCCC1. The second-order valence-corrected chi connectivity index (χ2v) is 7.56. The van der Waals surface area contributed by atoms with E-state index in [4.69, 9.17) is 5.73 Å². The number of carbonyl (C=O) groups excluding carboxylic acids is 2. The third kappa shape index (κ3) is 3.92. The predicted octanol–water partition coefficient (Wildman–Crippen LogP) is 2.15. The normalized spacial score (nSPS) is 19.7. The molecule has 6 heteroatoms. The van der Waals surface area contributed by atoms with Gasteiger partial charge in [-0.15, -0.1) is 11.8 Å². The number of amides is 2. The topological polar surface area (TPSA) is 75.4 Å². The lowest BCUT2D eigenvalue weighted by atomic mass is 9.84. The molecule has 1 aromatic carbocycles. The number of benzene rings is 1. The summed E-state index contributed by atoms with van der Waals surface area (Å²) in [6.45, 7) is 0.524. The van der Waals surface area contributed by atoms with Crippen molar-refractivity contribution in [3.63, 3.8) is 0 Å². The maximum absolute atomic E-state index is 12.5. The predicted molar refractivity (Wildman–Crippen MR) is 97.1 cm³/mol. The molecular weight excluding hydrogens is 322 g/mol. The molecule has 0 bridgehead atoms. The van der Waals surface area contributed by atoms with Gasteiger partial charge in [0.2, 0.25) is 11.8 Å². The van der Waals surface area contributed by atoms with Crippen molar-refractivity contribution in [2.45, 2.75) is 43.0 Å². The standard InChI is InChI=1S/C18H25N3O2S/c19-10-14(13-6-2-1-3-7-13)20-17(22)11-21-15-8-4-5-9-16(15)24-12-18(21)23/h4-5,8-9,13-14H,1-3,6-7,10-12,19H2,(H,20,22). The van der Waals surface area contributed by atoms with E-state index in [-0.39, 0.29) is 24.4 Å².